The molecule has 47 heavy (non-hydrogen) atoms. The zero-order valence-electron chi connectivity index (χ0n) is 30.8. The van der Waals surface area contributed by atoms with E-state index < -0.39 is 19.5 Å². The molecule has 7 heteroatoms. The Morgan fingerprint density at radius 2 is 1.60 bits per heavy atom. The van der Waals surface area contributed by atoms with Crippen LogP contribution in [0.4, 0.5) is 4.79 Å². The van der Waals surface area contributed by atoms with Crippen molar-refractivity contribution < 1.29 is 23.4 Å². The molecule has 260 valence electrons. The fourth-order valence-electron chi connectivity index (χ4n) is 8.85. The van der Waals surface area contributed by atoms with Crippen LogP contribution in [-0.2, 0) is 26.9 Å². The Kier molecular flexibility index (Phi) is 12.1. The fourth-order valence-corrected chi connectivity index (χ4v) is 14.5. The molecular formula is C40H61NO5Si. The lowest BCUT2D eigenvalue weighted by Crippen LogP contribution is -2.71. The van der Waals surface area contributed by atoms with Crippen LogP contribution >= 0.6 is 0 Å². The number of carbonyl (C=O) groups is 1. The zero-order chi connectivity index (χ0) is 34.6. The molecule has 0 N–H and O–H groups in total. The van der Waals surface area contributed by atoms with Gasteiger partial charge in [-0.05, 0) is 92.8 Å². The maximum absolute atomic E-state index is 14.5. The van der Waals surface area contributed by atoms with Gasteiger partial charge in [-0.15, -0.1) is 6.58 Å². The molecule has 2 aromatic rings. The molecule has 1 saturated heterocycles. The number of hydrogen-bond acceptors (Lipinski definition) is 5. The molecule has 1 saturated carbocycles. The van der Waals surface area contributed by atoms with Crippen LogP contribution in [0.2, 0.25) is 16.6 Å². The molecule has 0 radical (unpaired) electrons. The van der Waals surface area contributed by atoms with E-state index >= 15 is 0 Å². The van der Waals surface area contributed by atoms with E-state index in [9.17, 15) is 4.79 Å². The Morgan fingerprint density at radius 1 is 0.979 bits per heavy atom. The molecule has 5 unspecified atom stereocenters. The van der Waals surface area contributed by atoms with Crippen molar-refractivity contribution in [3.63, 3.8) is 0 Å². The van der Waals surface area contributed by atoms with Crippen molar-refractivity contribution in [3.05, 3.63) is 78.4 Å². The normalized spacial score (nSPS) is 24.9. The molecule has 5 atom stereocenters. The molecular weight excluding hydrogens is 603 g/mol. The molecule has 6 nitrogen and oxygen atoms in total. The molecule has 0 spiro atoms. The van der Waals surface area contributed by atoms with Gasteiger partial charge in [0.2, 0.25) is 8.32 Å². The van der Waals surface area contributed by atoms with Crippen LogP contribution in [0.1, 0.15) is 99.1 Å². The van der Waals surface area contributed by atoms with E-state index in [1.54, 1.807) is 7.11 Å². The monoisotopic (exact) mass is 663 g/mol. The summed E-state index contributed by atoms with van der Waals surface area (Å²) in [6.45, 7) is 24.6. The maximum atomic E-state index is 14.5. The van der Waals surface area contributed by atoms with Gasteiger partial charge in [0.15, 0.2) is 0 Å². The second-order valence-corrected chi connectivity index (χ2v) is 21.2. The predicted octanol–water partition coefficient (Wildman–Crippen LogP) is 10.1. The van der Waals surface area contributed by atoms with E-state index in [1.807, 2.05) is 45.0 Å². The Bertz CT molecular complexity index is 1280. The third-order valence-electron chi connectivity index (χ3n) is 10.7. The van der Waals surface area contributed by atoms with E-state index in [0.717, 1.165) is 36.1 Å². The van der Waals surface area contributed by atoms with E-state index in [1.165, 1.54) is 0 Å². The Hall–Kier alpha value is -2.61. The van der Waals surface area contributed by atoms with E-state index in [4.69, 9.17) is 18.6 Å². The summed E-state index contributed by atoms with van der Waals surface area (Å²) in [5.74, 6) is 0.918. The molecule has 2 fully saturated rings. The van der Waals surface area contributed by atoms with Crippen molar-refractivity contribution >= 4 is 14.4 Å². The number of amides is 1. The molecule has 1 aliphatic carbocycles. The highest BCUT2D eigenvalue weighted by atomic mass is 28.4. The molecule has 2 bridgehead atoms. The predicted molar refractivity (Wildman–Crippen MR) is 194 cm³/mol. The zero-order valence-corrected chi connectivity index (χ0v) is 31.8. The van der Waals surface area contributed by atoms with Crippen molar-refractivity contribution in [1.29, 1.82) is 0 Å². The molecule has 4 rings (SSSR count). The molecule has 1 heterocycles. The minimum Gasteiger partial charge on any atom is -0.497 e. The van der Waals surface area contributed by atoms with Gasteiger partial charge < -0.3 is 18.6 Å². The molecule has 2 aromatic carbocycles. The third-order valence-corrected chi connectivity index (χ3v) is 16.8. The second-order valence-electron chi connectivity index (χ2n) is 15.8. The summed E-state index contributed by atoms with van der Waals surface area (Å²) >= 11 is 0. The van der Waals surface area contributed by atoms with E-state index in [2.05, 4.69) is 89.4 Å². The average Bonchev–Trinajstić information content (AvgIpc) is 3.00. The fraction of sp³-hybridized carbons (Fsp3) is 0.625. The minimum atomic E-state index is -2.20. The standard InChI is InChI=1S/C40H61NO5Si/c1-12-23-40-24-22-36(46-47(28(2)3,29(4)5)30(6)7)34(26-40)37(44-27-32-16-14-13-15-17-32)35(41(40)38(42)45-39(8,9)10)25-31-18-20-33(43-11)21-19-31/h12-21,28-30,34-37H,1,22-27H2,2-11H3. The summed E-state index contributed by atoms with van der Waals surface area (Å²) in [4.78, 5) is 16.5. The van der Waals surface area contributed by atoms with Crippen LogP contribution in [0.3, 0.4) is 0 Å². The summed E-state index contributed by atoms with van der Waals surface area (Å²) in [6.07, 6.45) is 5.33. The smallest absolute Gasteiger partial charge is 0.411 e. The number of hydrogen-bond donors (Lipinski definition) is 0. The van der Waals surface area contributed by atoms with Crippen LogP contribution in [0.25, 0.3) is 0 Å². The first-order chi connectivity index (χ1) is 22.2. The summed E-state index contributed by atoms with van der Waals surface area (Å²) in [7, 11) is -0.519. The maximum Gasteiger partial charge on any atom is 0.411 e. The van der Waals surface area contributed by atoms with Gasteiger partial charge in [-0.2, -0.15) is 0 Å². The van der Waals surface area contributed by atoms with Crippen molar-refractivity contribution in [1.82, 2.24) is 4.90 Å². The van der Waals surface area contributed by atoms with Crippen LogP contribution in [0.15, 0.2) is 67.3 Å². The number of rotatable bonds is 13. The van der Waals surface area contributed by atoms with Gasteiger partial charge >= 0.3 is 6.09 Å². The minimum absolute atomic E-state index is 0.0479. The first kappa shape index (κ1) is 37.2. The lowest BCUT2D eigenvalue weighted by molar-refractivity contribution is -0.173. The van der Waals surface area contributed by atoms with Gasteiger partial charge in [0, 0.05) is 5.92 Å². The summed E-state index contributed by atoms with van der Waals surface area (Å²) in [5.41, 5.74) is 2.60. The Morgan fingerprint density at radius 3 is 2.13 bits per heavy atom. The number of carbonyl (C=O) groups excluding carboxylic acids is 1. The van der Waals surface area contributed by atoms with Gasteiger partial charge in [0.05, 0.1) is 37.5 Å². The lowest BCUT2D eigenvalue weighted by Gasteiger charge is -2.61. The van der Waals surface area contributed by atoms with Crippen LogP contribution in [0, 0.1) is 5.92 Å². The molecule has 1 aliphatic heterocycles. The Labute approximate surface area is 286 Å². The number of likely N-dealkylation sites (tertiary alicyclic amines) is 1. The van der Waals surface area contributed by atoms with Crippen LogP contribution < -0.4 is 4.74 Å². The van der Waals surface area contributed by atoms with E-state index in [-0.39, 0.29) is 30.3 Å². The van der Waals surface area contributed by atoms with Gasteiger partial charge in [-0.3, -0.25) is 4.90 Å². The highest BCUT2D eigenvalue weighted by Crippen LogP contribution is 2.53. The largest absolute Gasteiger partial charge is 0.497 e. The number of methoxy groups -OCH3 is 1. The van der Waals surface area contributed by atoms with Gasteiger partial charge in [0.25, 0.3) is 0 Å². The SMILES string of the molecule is C=CCC12CCC(O[Si](C(C)C)(C(C)C)C(C)C)C(C1)C(OCc1ccccc1)C(Cc1ccc(OC)cc1)N2C(=O)OC(C)(C)C. The quantitative estimate of drug-likeness (QED) is 0.158. The lowest BCUT2D eigenvalue weighted by atomic mass is 9.64. The van der Waals surface area contributed by atoms with Crippen molar-refractivity contribution in [2.24, 2.45) is 5.92 Å². The summed E-state index contributed by atoms with van der Waals surface area (Å²) < 4.78 is 26.4. The number of piperidine rings is 1. The molecule has 1 amide bonds. The topological polar surface area (TPSA) is 57.2 Å². The summed E-state index contributed by atoms with van der Waals surface area (Å²) in [5, 5.41) is 0. The van der Waals surface area contributed by atoms with Gasteiger partial charge in [-0.1, -0.05) is 90.1 Å². The highest BCUT2D eigenvalue weighted by molar-refractivity contribution is 6.77. The highest BCUT2D eigenvalue weighted by Gasteiger charge is 2.60. The van der Waals surface area contributed by atoms with E-state index in [0.29, 0.717) is 36.1 Å². The number of benzene rings is 2. The first-order valence-electron chi connectivity index (χ1n) is 17.8. The number of fused-ring (bicyclic) bond motifs is 2. The molecule has 0 aromatic heterocycles. The van der Waals surface area contributed by atoms with Crippen molar-refractivity contribution in [2.75, 3.05) is 7.11 Å². The summed E-state index contributed by atoms with van der Waals surface area (Å²) in [6, 6.07) is 18.3. The van der Waals surface area contributed by atoms with Gasteiger partial charge in [-0.25, -0.2) is 4.79 Å². The van der Waals surface area contributed by atoms with Gasteiger partial charge in [0.1, 0.15) is 11.4 Å². The third kappa shape index (κ3) is 8.17. The van der Waals surface area contributed by atoms with Crippen LogP contribution in [0.5, 0.6) is 5.75 Å². The van der Waals surface area contributed by atoms with Crippen molar-refractivity contribution in [3.8, 4) is 5.75 Å². The average molecular weight is 664 g/mol. The number of ether oxygens (including phenoxy) is 3. The van der Waals surface area contributed by atoms with Crippen LogP contribution in [-0.4, -0.2) is 55.8 Å². The van der Waals surface area contributed by atoms with Crippen molar-refractivity contribution in [2.45, 2.75) is 147 Å². The first-order valence-corrected chi connectivity index (χ1v) is 19.9. The number of nitrogens with zero attached hydrogens (tertiary/aromatic N) is 1. The second kappa shape index (κ2) is 15.3. The Balaban J connectivity index is 1.87. The molecule has 2 aliphatic rings.